The zero-order valence-electron chi connectivity index (χ0n) is 9.07. The molecule has 88 valence electrons. The molecule has 4 heteroatoms. The Bertz CT molecular complexity index is 490. The molecule has 0 spiro atoms. The molecule has 0 bridgehead atoms. The van der Waals surface area contributed by atoms with E-state index in [1.165, 1.54) is 0 Å². The van der Waals surface area contributed by atoms with Crippen molar-refractivity contribution in [2.45, 2.75) is 11.9 Å². The fraction of sp³-hybridized carbons (Fsp3) is 0.154. The molecule has 0 aliphatic rings. The molecule has 2 nitrogen and oxygen atoms in total. The first-order valence-corrected chi connectivity index (χ1v) is 6.65. The Kier molecular flexibility index (Phi) is 4.40. The molecule has 0 radical (unpaired) electrons. The van der Waals surface area contributed by atoms with Crippen molar-refractivity contribution in [1.82, 2.24) is 4.98 Å². The molecular weight excluding hydrogens is 302 g/mol. The number of aromatic nitrogens is 1. The lowest BCUT2D eigenvalue weighted by Gasteiger charge is -2.08. The van der Waals surface area contributed by atoms with Crippen LogP contribution in [-0.4, -0.2) is 4.98 Å². The highest BCUT2D eigenvalue weighted by Crippen LogP contribution is 2.26. The van der Waals surface area contributed by atoms with E-state index in [1.807, 2.05) is 30.3 Å². The van der Waals surface area contributed by atoms with Crippen LogP contribution >= 0.6 is 27.5 Å². The van der Waals surface area contributed by atoms with Gasteiger partial charge in [0.25, 0.3) is 0 Å². The third-order valence-corrected chi connectivity index (χ3v) is 3.21. The van der Waals surface area contributed by atoms with Gasteiger partial charge in [-0.2, -0.15) is 0 Å². The minimum absolute atomic E-state index is 0.473. The standard InChI is InChI=1S/C13H11BrClNO/c14-7-10-3-4-13(12(15)6-10)17-9-11-2-1-5-16-8-11/h1-6,8H,7,9H2. The van der Waals surface area contributed by atoms with Crippen LogP contribution in [0.25, 0.3) is 0 Å². The molecule has 1 aromatic heterocycles. The smallest absolute Gasteiger partial charge is 0.138 e. The van der Waals surface area contributed by atoms with E-state index in [4.69, 9.17) is 16.3 Å². The summed E-state index contributed by atoms with van der Waals surface area (Å²) in [6, 6.07) is 9.62. The maximum Gasteiger partial charge on any atom is 0.138 e. The molecule has 1 heterocycles. The number of benzene rings is 1. The lowest BCUT2D eigenvalue weighted by molar-refractivity contribution is 0.306. The highest BCUT2D eigenvalue weighted by molar-refractivity contribution is 9.08. The van der Waals surface area contributed by atoms with Crippen molar-refractivity contribution in [3.8, 4) is 5.75 Å². The number of hydrogen-bond acceptors (Lipinski definition) is 2. The maximum absolute atomic E-state index is 6.11. The minimum Gasteiger partial charge on any atom is -0.487 e. The van der Waals surface area contributed by atoms with Gasteiger partial charge in [-0.05, 0) is 23.8 Å². The van der Waals surface area contributed by atoms with E-state index >= 15 is 0 Å². The quantitative estimate of drug-likeness (QED) is 0.789. The normalized spacial score (nSPS) is 10.2. The number of pyridine rings is 1. The molecule has 2 rings (SSSR count). The van der Waals surface area contributed by atoms with Gasteiger partial charge in [-0.15, -0.1) is 0 Å². The highest BCUT2D eigenvalue weighted by atomic mass is 79.9. The number of halogens is 2. The van der Waals surface area contributed by atoms with Crippen LogP contribution < -0.4 is 4.74 Å². The second-order valence-electron chi connectivity index (χ2n) is 3.55. The Labute approximate surface area is 114 Å². The molecule has 0 aliphatic carbocycles. The maximum atomic E-state index is 6.11. The Balaban J connectivity index is 2.04. The van der Waals surface area contributed by atoms with E-state index < -0.39 is 0 Å². The Morgan fingerprint density at radius 3 is 2.76 bits per heavy atom. The second kappa shape index (κ2) is 6.03. The van der Waals surface area contributed by atoms with Gasteiger partial charge in [-0.3, -0.25) is 4.98 Å². The van der Waals surface area contributed by atoms with Crippen LogP contribution in [0.2, 0.25) is 5.02 Å². The van der Waals surface area contributed by atoms with Gasteiger partial charge >= 0.3 is 0 Å². The summed E-state index contributed by atoms with van der Waals surface area (Å²) in [6.45, 7) is 0.473. The summed E-state index contributed by atoms with van der Waals surface area (Å²) in [7, 11) is 0. The first-order chi connectivity index (χ1) is 8.29. The Hall–Kier alpha value is -1.06. The van der Waals surface area contributed by atoms with E-state index in [-0.39, 0.29) is 0 Å². The van der Waals surface area contributed by atoms with Crippen LogP contribution in [0.1, 0.15) is 11.1 Å². The molecule has 0 unspecified atom stereocenters. The summed E-state index contributed by atoms with van der Waals surface area (Å²) in [5, 5.41) is 1.42. The first kappa shape index (κ1) is 12.4. The third kappa shape index (κ3) is 3.45. The Morgan fingerprint density at radius 1 is 1.24 bits per heavy atom. The fourth-order valence-electron chi connectivity index (χ4n) is 1.39. The van der Waals surface area contributed by atoms with Crippen molar-refractivity contribution in [2.75, 3.05) is 0 Å². The predicted octanol–water partition coefficient (Wildman–Crippen LogP) is 4.21. The molecule has 0 saturated heterocycles. The van der Waals surface area contributed by atoms with E-state index in [0.29, 0.717) is 17.4 Å². The van der Waals surface area contributed by atoms with Gasteiger partial charge < -0.3 is 4.74 Å². The number of ether oxygens (including phenoxy) is 1. The number of rotatable bonds is 4. The van der Waals surface area contributed by atoms with Crippen LogP contribution in [0.5, 0.6) is 5.75 Å². The number of hydrogen-bond donors (Lipinski definition) is 0. The van der Waals surface area contributed by atoms with Gasteiger partial charge in [0.1, 0.15) is 12.4 Å². The van der Waals surface area contributed by atoms with Crippen LogP contribution in [-0.2, 0) is 11.9 Å². The van der Waals surface area contributed by atoms with Crippen molar-refractivity contribution in [3.63, 3.8) is 0 Å². The fourth-order valence-corrected chi connectivity index (χ4v) is 2.00. The summed E-state index contributed by atoms with van der Waals surface area (Å²) in [6.07, 6.45) is 3.52. The predicted molar refractivity (Wildman–Crippen MR) is 72.7 cm³/mol. The summed E-state index contributed by atoms with van der Waals surface area (Å²) in [4.78, 5) is 4.03. The summed E-state index contributed by atoms with van der Waals surface area (Å²) in [5.74, 6) is 0.695. The van der Waals surface area contributed by atoms with E-state index in [9.17, 15) is 0 Å². The SMILES string of the molecule is Clc1cc(CBr)ccc1OCc1cccnc1. The molecule has 0 N–H and O–H groups in total. The van der Waals surface area contributed by atoms with Crippen molar-refractivity contribution in [3.05, 3.63) is 58.9 Å². The van der Waals surface area contributed by atoms with Crippen LogP contribution in [0.15, 0.2) is 42.7 Å². The van der Waals surface area contributed by atoms with Crippen molar-refractivity contribution in [1.29, 1.82) is 0 Å². The third-order valence-electron chi connectivity index (χ3n) is 2.27. The van der Waals surface area contributed by atoms with Gasteiger partial charge in [-0.1, -0.05) is 39.7 Å². The molecular formula is C13H11BrClNO. The van der Waals surface area contributed by atoms with E-state index in [0.717, 1.165) is 16.5 Å². The van der Waals surface area contributed by atoms with Gasteiger partial charge in [0.15, 0.2) is 0 Å². The Morgan fingerprint density at radius 2 is 2.12 bits per heavy atom. The molecule has 0 atom stereocenters. The largest absolute Gasteiger partial charge is 0.487 e. The van der Waals surface area contributed by atoms with Gasteiger partial charge in [-0.25, -0.2) is 0 Å². The summed E-state index contributed by atoms with van der Waals surface area (Å²) in [5.41, 5.74) is 2.15. The summed E-state index contributed by atoms with van der Waals surface area (Å²) >= 11 is 9.50. The van der Waals surface area contributed by atoms with Crippen LogP contribution in [0, 0.1) is 0 Å². The lowest BCUT2D eigenvalue weighted by Crippen LogP contribution is -1.96. The topological polar surface area (TPSA) is 22.1 Å². The summed E-state index contributed by atoms with van der Waals surface area (Å²) < 4.78 is 5.64. The molecule has 0 saturated carbocycles. The highest BCUT2D eigenvalue weighted by Gasteiger charge is 2.03. The molecule has 17 heavy (non-hydrogen) atoms. The minimum atomic E-state index is 0.473. The zero-order valence-corrected chi connectivity index (χ0v) is 11.4. The van der Waals surface area contributed by atoms with E-state index in [1.54, 1.807) is 12.4 Å². The van der Waals surface area contributed by atoms with Gasteiger partial charge in [0, 0.05) is 23.3 Å². The molecule has 0 fully saturated rings. The molecule has 0 aliphatic heterocycles. The monoisotopic (exact) mass is 311 g/mol. The van der Waals surface area contributed by atoms with Crippen LogP contribution in [0.3, 0.4) is 0 Å². The lowest BCUT2D eigenvalue weighted by atomic mass is 10.2. The molecule has 1 aromatic carbocycles. The molecule has 2 aromatic rings. The van der Waals surface area contributed by atoms with Gasteiger partial charge in [0.05, 0.1) is 5.02 Å². The first-order valence-electron chi connectivity index (χ1n) is 5.15. The zero-order chi connectivity index (χ0) is 12.1. The van der Waals surface area contributed by atoms with Crippen molar-refractivity contribution in [2.24, 2.45) is 0 Å². The van der Waals surface area contributed by atoms with Crippen molar-refractivity contribution >= 4 is 27.5 Å². The number of alkyl halides is 1. The van der Waals surface area contributed by atoms with E-state index in [2.05, 4.69) is 20.9 Å². The number of nitrogens with zero attached hydrogens (tertiary/aromatic N) is 1. The van der Waals surface area contributed by atoms with Crippen molar-refractivity contribution < 1.29 is 4.74 Å². The second-order valence-corrected chi connectivity index (χ2v) is 4.52. The molecule has 0 amide bonds. The average Bonchev–Trinajstić information content (AvgIpc) is 2.38. The average molecular weight is 313 g/mol. The van der Waals surface area contributed by atoms with Gasteiger partial charge in [0.2, 0.25) is 0 Å². The van der Waals surface area contributed by atoms with Crippen LogP contribution in [0.4, 0.5) is 0 Å².